The minimum Gasteiger partial charge on any atom is -0.497 e. The summed E-state index contributed by atoms with van der Waals surface area (Å²) in [4.78, 5) is 0.100. The van der Waals surface area contributed by atoms with Crippen molar-refractivity contribution >= 4 is 15.7 Å². The highest BCUT2D eigenvalue weighted by atomic mass is 32.2. The zero-order valence-electron chi connectivity index (χ0n) is 17.7. The monoisotopic (exact) mass is 459 g/mol. The highest BCUT2D eigenvalue weighted by molar-refractivity contribution is 7.92. The molecule has 0 saturated carbocycles. The summed E-state index contributed by atoms with van der Waals surface area (Å²) in [5, 5.41) is 18.7. The van der Waals surface area contributed by atoms with Crippen LogP contribution in [0, 0.1) is 6.92 Å². The lowest BCUT2D eigenvalue weighted by atomic mass is 10.2. The molecule has 3 aromatic carbocycles. The lowest BCUT2D eigenvalue weighted by Crippen LogP contribution is -2.22. The lowest BCUT2D eigenvalue weighted by molar-refractivity contribution is 0.0538. The van der Waals surface area contributed by atoms with Crippen molar-refractivity contribution < 1.29 is 32.8 Å². The molecule has 0 radical (unpaired) electrons. The Hall–Kier alpha value is -3.27. The Labute approximate surface area is 187 Å². The number of anilines is 1. The fourth-order valence-corrected chi connectivity index (χ4v) is 3.78. The summed E-state index contributed by atoms with van der Waals surface area (Å²) in [5.41, 5.74) is 1.10. The maximum Gasteiger partial charge on any atom is 0.262 e. The highest BCUT2D eigenvalue weighted by Crippen LogP contribution is 2.34. The first-order chi connectivity index (χ1) is 15.3. The molecule has 0 fully saturated rings. The minimum absolute atomic E-state index is 0.100. The number of aliphatic hydroxyl groups excluding tert-OH is 2. The van der Waals surface area contributed by atoms with Crippen LogP contribution in [0.4, 0.5) is 5.69 Å². The van der Waals surface area contributed by atoms with Crippen molar-refractivity contribution in [2.24, 2.45) is 0 Å². The summed E-state index contributed by atoms with van der Waals surface area (Å²) < 4.78 is 44.6. The molecule has 1 atom stereocenters. The number of hydrogen-bond acceptors (Lipinski definition) is 7. The van der Waals surface area contributed by atoms with E-state index < -0.39 is 22.7 Å². The average Bonchev–Trinajstić information content (AvgIpc) is 2.79. The Balaban J connectivity index is 1.87. The topological polar surface area (TPSA) is 114 Å². The van der Waals surface area contributed by atoms with Crippen LogP contribution in [0.5, 0.6) is 23.0 Å². The molecule has 0 aliphatic carbocycles. The molecule has 3 N–H and O–H groups in total. The van der Waals surface area contributed by atoms with Gasteiger partial charge in [0.2, 0.25) is 0 Å². The number of aliphatic hydroxyl groups is 2. The smallest absolute Gasteiger partial charge is 0.262 e. The second-order valence-corrected chi connectivity index (χ2v) is 8.68. The van der Waals surface area contributed by atoms with Gasteiger partial charge in [0.25, 0.3) is 10.0 Å². The van der Waals surface area contributed by atoms with Gasteiger partial charge in [0, 0.05) is 6.07 Å². The zero-order valence-corrected chi connectivity index (χ0v) is 18.5. The van der Waals surface area contributed by atoms with E-state index in [4.69, 9.17) is 19.3 Å². The predicted octanol–water partition coefficient (Wildman–Crippen LogP) is 3.33. The van der Waals surface area contributed by atoms with Crippen LogP contribution in [0.2, 0.25) is 0 Å². The predicted molar refractivity (Wildman–Crippen MR) is 120 cm³/mol. The lowest BCUT2D eigenvalue weighted by Gasteiger charge is -2.17. The van der Waals surface area contributed by atoms with Crippen LogP contribution < -0.4 is 18.9 Å². The largest absolute Gasteiger partial charge is 0.497 e. The first-order valence-electron chi connectivity index (χ1n) is 9.78. The average molecular weight is 460 g/mol. The molecule has 1 unspecified atom stereocenters. The highest BCUT2D eigenvalue weighted by Gasteiger charge is 2.18. The van der Waals surface area contributed by atoms with Gasteiger partial charge in [-0.2, -0.15) is 0 Å². The number of ether oxygens (including phenoxy) is 3. The van der Waals surface area contributed by atoms with Crippen molar-refractivity contribution in [1.29, 1.82) is 0 Å². The molecule has 0 saturated heterocycles. The Morgan fingerprint density at radius 1 is 0.938 bits per heavy atom. The van der Waals surface area contributed by atoms with Crippen LogP contribution in [0.3, 0.4) is 0 Å². The zero-order chi connectivity index (χ0) is 23.1. The molecular weight excluding hydrogens is 434 g/mol. The normalized spacial score (nSPS) is 12.1. The van der Waals surface area contributed by atoms with E-state index in [9.17, 15) is 13.5 Å². The van der Waals surface area contributed by atoms with Gasteiger partial charge in [-0.3, -0.25) is 4.72 Å². The number of methoxy groups -OCH3 is 1. The molecule has 0 aliphatic heterocycles. The van der Waals surface area contributed by atoms with Gasteiger partial charge in [0.15, 0.2) is 0 Å². The molecule has 8 nitrogen and oxygen atoms in total. The van der Waals surface area contributed by atoms with Gasteiger partial charge < -0.3 is 24.4 Å². The molecule has 9 heteroatoms. The van der Waals surface area contributed by atoms with Crippen molar-refractivity contribution in [3.8, 4) is 23.0 Å². The Bertz CT molecular complexity index is 1130. The molecule has 0 bridgehead atoms. The summed E-state index contributed by atoms with van der Waals surface area (Å²) in [6, 6.07) is 18.0. The Morgan fingerprint density at radius 3 is 2.19 bits per heavy atom. The minimum atomic E-state index is -3.87. The molecule has 0 spiro atoms. The van der Waals surface area contributed by atoms with E-state index in [1.54, 1.807) is 49.6 Å². The van der Waals surface area contributed by atoms with Gasteiger partial charge in [0.1, 0.15) is 35.7 Å². The number of rotatable bonds is 10. The molecule has 32 heavy (non-hydrogen) atoms. The molecule has 3 aromatic rings. The van der Waals surface area contributed by atoms with Gasteiger partial charge >= 0.3 is 0 Å². The van der Waals surface area contributed by atoms with E-state index in [-0.39, 0.29) is 22.9 Å². The van der Waals surface area contributed by atoms with E-state index in [2.05, 4.69) is 4.72 Å². The number of sulfonamides is 1. The molecule has 170 valence electrons. The van der Waals surface area contributed by atoms with Crippen LogP contribution >= 0.6 is 0 Å². The van der Waals surface area contributed by atoms with E-state index in [0.29, 0.717) is 17.2 Å². The third kappa shape index (κ3) is 6.13. The van der Waals surface area contributed by atoms with E-state index >= 15 is 0 Å². The van der Waals surface area contributed by atoms with Gasteiger partial charge in [-0.1, -0.05) is 17.7 Å². The molecule has 0 amide bonds. The molecule has 0 aromatic heterocycles. The van der Waals surface area contributed by atoms with Crippen LogP contribution in [0.25, 0.3) is 0 Å². The van der Waals surface area contributed by atoms with Gasteiger partial charge in [-0.05, 0) is 55.5 Å². The first kappa shape index (κ1) is 23.4. The summed E-state index contributed by atoms with van der Waals surface area (Å²) in [6.45, 7) is 1.14. The SMILES string of the molecule is COc1ccc(Oc2ccc(NS(=O)(=O)c3ccc(C)cc3)c(OCC(O)CO)c2)cc1. The molecule has 0 heterocycles. The van der Waals surface area contributed by atoms with Gasteiger partial charge in [-0.25, -0.2) is 8.42 Å². The first-order valence-corrected chi connectivity index (χ1v) is 11.3. The molecule has 3 rings (SSSR count). The van der Waals surface area contributed by atoms with Crippen LogP contribution in [-0.2, 0) is 10.0 Å². The quantitative estimate of drug-likeness (QED) is 0.426. The molecule has 0 aliphatic rings. The van der Waals surface area contributed by atoms with Crippen molar-refractivity contribution in [3.63, 3.8) is 0 Å². The standard InChI is InChI=1S/C23H25NO7S/c1-16-3-10-21(11-4-16)32(27,28)24-22-12-9-20(13-23(22)30-15-17(26)14-25)31-19-7-5-18(29-2)6-8-19/h3-13,17,24-26H,14-15H2,1-2H3. The van der Waals surface area contributed by atoms with Crippen LogP contribution in [-0.4, -0.2) is 45.1 Å². The Kier molecular flexibility index (Phi) is 7.57. The Morgan fingerprint density at radius 2 is 1.56 bits per heavy atom. The summed E-state index contributed by atoms with van der Waals surface area (Å²) in [5.74, 6) is 1.75. The third-order valence-electron chi connectivity index (χ3n) is 4.47. The van der Waals surface area contributed by atoms with E-state index in [0.717, 1.165) is 5.56 Å². The van der Waals surface area contributed by atoms with Crippen molar-refractivity contribution in [2.75, 3.05) is 25.0 Å². The van der Waals surface area contributed by atoms with Crippen LogP contribution in [0.15, 0.2) is 71.6 Å². The second kappa shape index (κ2) is 10.4. The summed E-state index contributed by atoms with van der Waals surface area (Å²) in [6.07, 6.45) is -1.12. The fraction of sp³-hybridized carbons (Fsp3) is 0.217. The van der Waals surface area contributed by atoms with E-state index in [1.807, 2.05) is 6.92 Å². The maximum atomic E-state index is 12.8. The van der Waals surface area contributed by atoms with Gasteiger partial charge in [-0.15, -0.1) is 0 Å². The van der Waals surface area contributed by atoms with Crippen molar-refractivity contribution in [3.05, 3.63) is 72.3 Å². The third-order valence-corrected chi connectivity index (χ3v) is 5.85. The van der Waals surface area contributed by atoms with Crippen molar-refractivity contribution in [1.82, 2.24) is 0 Å². The van der Waals surface area contributed by atoms with Gasteiger partial charge in [0.05, 0.1) is 24.3 Å². The maximum absolute atomic E-state index is 12.8. The number of benzene rings is 3. The number of nitrogens with one attached hydrogen (secondary N) is 1. The summed E-state index contributed by atoms with van der Waals surface area (Å²) >= 11 is 0. The van der Waals surface area contributed by atoms with Crippen molar-refractivity contribution in [2.45, 2.75) is 17.9 Å². The summed E-state index contributed by atoms with van der Waals surface area (Å²) in [7, 11) is -2.31. The number of aryl methyl sites for hydroxylation is 1. The fourth-order valence-electron chi connectivity index (χ4n) is 2.71. The van der Waals surface area contributed by atoms with E-state index in [1.165, 1.54) is 24.3 Å². The number of hydrogen-bond donors (Lipinski definition) is 3. The van der Waals surface area contributed by atoms with Crippen LogP contribution in [0.1, 0.15) is 5.56 Å². The molecular formula is C23H25NO7S. The second-order valence-electron chi connectivity index (χ2n) is 7.00.